The summed E-state index contributed by atoms with van der Waals surface area (Å²) in [7, 11) is -3.98. The van der Waals surface area contributed by atoms with Gasteiger partial charge in [0.1, 0.15) is 0 Å². The molecule has 1 N–H and O–H groups in total. The molecule has 4 nitrogen and oxygen atoms in total. The molecular weight excluding hydrogens is 406 g/mol. The van der Waals surface area contributed by atoms with Gasteiger partial charge in [-0.25, -0.2) is 0 Å². The van der Waals surface area contributed by atoms with E-state index in [1.54, 1.807) is 0 Å². The van der Waals surface area contributed by atoms with Crippen molar-refractivity contribution >= 4 is 16.6 Å². The second-order valence-electron chi connectivity index (χ2n) is 11.9. The van der Waals surface area contributed by atoms with Crippen LogP contribution < -0.4 is 0 Å². The van der Waals surface area contributed by atoms with Crippen molar-refractivity contribution in [2.24, 2.45) is 0 Å². The van der Waals surface area contributed by atoms with Crippen LogP contribution in [0, 0.1) is 0 Å². The number of hydrogen-bond donors (Lipinski definition) is 1. The molecule has 1 aliphatic heterocycles. The number of likely N-dealkylation sites (tertiary alicyclic amines) is 1. The van der Waals surface area contributed by atoms with Gasteiger partial charge in [0.25, 0.3) is 0 Å². The van der Waals surface area contributed by atoms with Gasteiger partial charge in [0.15, 0.2) is 16.6 Å². The van der Waals surface area contributed by atoms with Crippen LogP contribution in [-0.4, -0.2) is 58.0 Å². The Morgan fingerprint density at radius 1 is 0.900 bits per heavy atom. The first-order valence-corrected chi connectivity index (χ1v) is 17.2. The van der Waals surface area contributed by atoms with Crippen molar-refractivity contribution in [3.8, 4) is 0 Å². The first-order chi connectivity index (χ1) is 13.6. The number of aliphatic hydroxyl groups is 1. The van der Waals surface area contributed by atoms with E-state index in [9.17, 15) is 5.11 Å². The molecule has 1 saturated heterocycles. The minimum Gasteiger partial charge on any atom is -0.410 e. The Labute approximate surface area is 187 Å². The molecule has 1 aromatic rings. The van der Waals surface area contributed by atoms with E-state index in [0.29, 0.717) is 0 Å². The normalized spacial score (nSPS) is 24.4. The highest BCUT2D eigenvalue weighted by Crippen LogP contribution is 2.43. The summed E-state index contributed by atoms with van der Waals surface area (Å²) in [6.07, 6.45) is -0.116. The van der Waals surface area contributed by atoms with Gasteiger partial charge in [-0.1, -0.05) is 71.9 Å². The quantitative estimate of drug-likeness (QED) is 0.544. The largest absolute Gasteiger partial charge is 0.410 e. The van der Waals surface area contributed by atoms with Crippen molar-refractivity contribution < 1.29 is 14.0 Å². The Balaban J connectivity index is 2.35. The molecule has 0 amide bonds. The zero-order valence-corrected chi connectivity index (χ0v) is 23.0. The number of nitrogens with zero attached hydrogens (tertiary/aromatic N) is 1. The van der Waals surface area contributed by atoms with Gasteiger partial charge in [-0.15, -0.1) is 0 Å². The molecule has 2 rings (SSSR count). The summed E-state index contributed by atoms with van der Waals surface area (Å²) in [5.74, 6) is 0. The topological polar surface area (TPSA) is 41.9 Å². The zero-order chi connectivity index (χ0) is 23.0. The summed E-state index contributed by atoms with van der Waals surface area (Å²) in [6.45, 7) is 24.6. The third kappa shape index (κ3) is 5.84. The Morgan fingerprint density at radius 3 is 1.87 bits per heavy atom. The molecule has 0 aromatic heterocycles. The maximum Gasteiger partial charge on any atom is 0.192 e. The fraction of sp³-hybridized carbons (Fsp3) is 0.750. The lowest BCUT2D eigenvalue weighted by molar-refractivity contribution is 0.0335. The second-order valence-corrected chi connectivity index (χ2v) is 21.4. The van der Waals surface area contributed by atoms with Gasteiger partial charge < -0.3 is 14.0 Å². The highest BCUT2D eigenvalue weighted by atomic mass is 28.4. The van der Waals surface area contributed by atoms with Crippen molar-refractivity contribution in [1.29, 1.82) is 0 Å². The molecule has 0 radical (unpaired) electrons. The molecule has 6 heteroatoms. The maximum atomic E-state index is 10.4. The van der Waals surface area contributed by atoms with Crippen LogP contribution in [0.5, 0.6) is 0 Å². The molecule has 30 heavy (non-hydrogen) atoms. The van der Waals surface area contributed by atoms with Crippen LogP contribution in [0.1, 0.15) is 47.1 Å². The lowest BCUT2D eigenvalue weighted by Gasteiger charge is -2.44. The summed E-state index contributed by atoms with van der Waals surface area (Å²) in [4.78, 5) is 2.37. The monoisotopic (exact) mass is 451 g/mol. The van der Waals surface area contributed by atoms with Gasteiger partial charge in [0.2, 0.25) is 0 Å². The lowest BCUT2D eigenvalue weighted by Crippen LogP contribution is -2.53. The van der Waals surface area contributed by atoms with Crippen molar-refractivity contribution in [1.82, 2.24) is 4.90 Å². The van der Waals surface area contributed by atoms with Crippen LogP contribution in [0.15, 0.2) is 30.3 Å². The summed E-state index contributed by atoms with van der Waals surface area (Å²) < 4.78 is 13.9. The zero-order valence-electron chi connectivity index (χ0n) is 21.0. The van der Waals surface area contributed by atoms with Gasteiger partial charge in [0.05, 0.1) is 24.9 Å². The minimum absolute atomic E-state index is 0.0131. The first-order valence-electron chi connectivity index (χ1n) is 11.3. The van der Waals surface area contributed by atoms with Crippen LogP contribution >= 0.6 is 0 Å². The standard InChI is InChI=1S/C24H45NO3Si2/c1-23(2,3)29(7,8)27-21-17-25(16-19-14-12-11-13-15-19)20(18-26)22(21)28-30(9,10)24(4,5)6/h11-15,20-22,26H,16-18H2,1-10H3/t20-,21+,22+/m1/s1. The number of rotatable bonds is 7. The molecule has 1 aliphatic rings. The third-order valence-corrected chi connectivity index (χ3v) is 16.5. The Hall–Kier alpha value is -0.506. The van der Waals surface area contributed by atoms with Crippen LogP contribution in [0.25, 0.3) is 0 Å². The number of hydrogen-bond acceptors (Lipinski definition) is 4. The van der Waals surface area contributed by atoms with Crippen molar-refractivity contribution in [3.05, 3.63) is 35.9 Å². The molecule has 0 aliphatic carbocycles. The van der Waals surface area contributed by atoms with E-state index in [4.69, 9.17) is 8.85 Å². The number of aliphatic hydroxyl groups excluding tert-OH is 1. The SMILES string of the molecule is CC(C)(C)[Si](C)(C)O[C@@H]1[C@@H](O[Si](C)(C)C(C)(C)C)CN(Cc2ccccc2)[C@@H]1CO. The maximum absolute atomic E-state index is 10.4. The summed E-state index contributed by atoms with van der Waals surface area (Å²) in [6, 6.07) is 10.5. The van der Waals surface area contributed by atoms with Gasteiger partial charge in [-0.3, -0.25) is 4.90 Å². The van der Waals surface area contributed by atoms with E-state index in [-0.39, 0.29) is 34.9 Å². The van der Waals surface area contributed by atoms with Crippen molar-refractivity contribution in [2.75, 3.05) is 13.2 Å². The molecule has 1 heterocycles. The van der Waals surface area contributed by atoms with Crippen molar-refractivity contribution in [2.45, 2.75) is 103 Å². The highest BCUT2D eigenvalue weighted by molar-refractivity contribution is 6.74. The lowest BCUT2D eigenvalue weighted by atomic mass is 10.1. The van der Waals surface area contributed by atoms with Gasteiger partial charge in [0, 0.05) is 13.1 Å². The van der Waals surface area contributed by atoms with Gasteiger partial charge in [-0.2, -0.15) is 0 Å². The molecule has 0 saturated carbocycles. The predicted octanol–water partition coefficient (Wildman–Crippen LogP) is 5.64. The second kappa shape index (κ2) is 9.16. The van der Waals surface area contributed by atoms with E-state index in [1.165, 1.54) is 5.56 Å². The predicted molar refractivity (Wildman–Crippen MR) is 132 cm³/mol. The first kappa shape index (κ1) is 25.8. The fourth-order valence-electron chi connectivity index (χ4n) is 3.48. The minimum atomic E-state index is -2.02. The average Bonchev–Trinajstić information content (AvgIpc) is 2.88. The fourth-order valence-corrected chi connectivity index (χ4v) is 6.14. The summed E-state index contributed by atoms with van der Waals surface area (Å²) >= 11 is 0. The molecule has 0 unspecified atom stereocenters. The Kier molecular flexibility index (Phi) is 7.86. The number of benzene rings is 1. The molecular formula is C24H45NO3Si2. The Morgan fingerprint density at radius 2 is 1.40 bits per heavy atom. The van der Waals surface area contributed by atoms with E-state index in [1.807, 2.05) is 6.07 Å². The van der Waals surface area contributed by atoms with Crippen molar-refractivity contribution in [3.63, 3.8) is 0 Å². The van der Waals surface area contributed by atoms with Gasteiger partial charge >= 0.3 is 0 Å². The van der Waals surface area contributed by atoms with Gasteiger partial charge in [-0.05, 0) is 41.8 Å². The molecule has 1 aromatic carbocycles. The third-order valence-electron chi connectivity index (χ3n) is 7.53. The smallest absolute Gasteiger partial charge is 0.192 e. The average molecular weight is 452 g/mol. The highest BCUT2D eigenvalue weighted by Gasteiger charge is 2.51. The van der Waals surface area contributed by atoms with E-state index in [0.717, 1.165) is 13.1 Å². The molecule has 3 atom stereocenters. The van der Waals surface area contributed by atoms with E-state index >= 15 is 0 Å². The Bertz CT molecular complexity index is 680. The molecule has 0 spiro atoms. The molecule has 1 fully saturated rings. The van der Waals surface area contributed by atoms with Crippen LogP contribution in [0.2, 0.25) is 36.3 Å². The van der Waals surface area contributed by atoms with Crippen LogP contribution in [0.3, 0.4) is 0 Å². The van der Waals surface area contributed by atoms with E-state index in [2.05, 4.69) is 96.9 Å². The summed E-state index contributed by atoms with van der Waals surface area (Å²) in [5.41, 5.74) is 1.26. The van der Waals surface area contributed by atoms with E-state index < -0.39 is 16.6 Å². The van der Waals surface area contributed by atoms with Crippen LogP contribution in [-0.2, 0) is 15.4 Å². The molecule has 172 valence electrons. The summed E-state index contributed by atoms with van der Waals surface area (Å²) in [5, 5.41) is 10.7. The molecule has 0 bridgehead atoms. The van der Waals surface area contributed by atoms with Crippen LogP contribution in [0.4, 0.5) is 0 Å².